The first kappa shape index (κ1) is 16.3. The fourth-order valence-electron chi connectivity index (χ4n) is 2.88. The lowest BCUT2D eigenvalue weighted by atomic mass is 9.98. The Labute approximate surface area is 139 Å². The average Bonchev–Trinajstić information content (AvgIpc) is 2.54. The third-order valence-electron chi connectivity index (χ3n) is 4.02. The van der Waals surface area contributed by atoms with E-state index in [4.69, 9.17) is 0 Å². The quantitative estimate of drug-likeness (QED) is 0.492. The lowest BCUT2D eigenvalue weighted by Crippen LogP contribution is -1.89. The minimum Gasteiger partial charge on any atom is -0.206 e. The molecule has 0 N–H and O–H groups in total. The summed E-state index contributed by atoms with van der Waals surface area (Å²) in [5.74, 6) is -0.237. The van der Waals surface area contributed by atoms with Gasteiger partial charge in [-0.25, -0.2) is 4.39 Å². The summed E-state index contributed by atoms with van der Waals surface area (Å²) >= 11 is 0. The lowest BCUT2D eigenvalue weighted by Gasteiger charge is -2.08. The molecule has 0 fully saturated rings. The normalized spacial score (nSPS) is 10.8. The van der Waals surface area contributed by atoms with Crippen molar-refractivity contribution in [3.05, 3.63) is 77.6 Å². The molecule has 0 aromatic heterocycles. The SMILES string of the molecule is CCCc1ccc(-c2ccc3cc(C=C(F)F)ccc3c2)c(F)c1. The lowest BCUT2D eigenvalue weighted by molar-refractivity contribution is 0.429. The van der Waals surface area contributed by atoms with Crippen LogP contribution in [0.5, 0.6) is 0 Å². The van der Waals surface area contributed by atoms with Crippen LogP contribution in [0.3, 0.4) is 0 Å². The molecule has 3 rings (SSSR count). The van der Waals surface area contributed by atoms with Crippen molar-refractivity contribution in [2.75, 3.05) is 0 Å². The molecule has 0 aliphatic rings. The van der Waals surface area contributed by atoms with Crippen LogP contribution in [-0.2, 0) is 6.42 Å². The standard InChI is InChI=1S/C21H17F3/c1-2-3-14-5-9-19(20(22)11-14)18-8-7-16-10-15(12-21(23)24)4-6-17(16)13-18/h4-13H,2-3H2,1H3. The number of rotatable bonds is 4. The number of hydrogen-bond acceptors (Lipinski definition) is 0. The molecular formula is C21H17F3. The summed E-state index contributed by atoms with van der Waals surface area (Å²) in [4.78, 5) is 0. The number of aryl methyl sites for hydroxylation is 1. The molecule has 0 heterocycles. The summed E-state index contributed by atoms with van der Waals surface area (Å²) in [6.45, 7) is 2.06. The maximum atomic E-state index is 14.4. The molecule has 3 heteroatoms. The first-order chi connectivity index (χ1) is 11.6. The van der Waals surface area contributed by atoms with Crippen LogP contribution in [0.25, 0.3) is 28.0 Å². The van der Waals surface area contributed by atoms with Gasteiger partial charge in [-0.1, -0.05) is 49.7 Å². The van der Waals surface area contributed by atoms with E-state index in [1.807, 2.05) is 24.3 Å². The minimum atomic E-state index is -1.72. The van der Waals surface area contributed by atoms with Gasteiger partial charge in [0.15, 0.2) is 0 Å². The molecule has 0 amide bonds. The van der Waals surface area contributed by atoms with Crippen LogP contribution in [0.15, 0.2) is 60.7 Å². The Kier molecular flexibility index (Phi) is 4.70. The molecule has 0 saturated heterocycles. The van der Waals surface area contributed by atoms with Crippen LogP contribution in [0.2, 0.25) is 0 Å². The first-order valence-corrected chi connectivity index (χ1v) is 7.92. The highest BCUT2D eigenvalue weighted by Crippen LogP contribution is 2.28. The molecule has 0 saturated carbocycles. The third-order valence-corrected chi connectivity index (χ3v) is 4.02. The zero-order valence-electron chi connectivity index (χ0n) is 13.3. The highest BCUT2D eigenvalue weighted by Gasteiger charge is 2.07. The molecule has 0 radical (unpaired) electrons. The number of halogens is 3. The van der Waals surface area contributed by atoms with Crippen molar-refractivity contribution in [1.82, 2.24) is 0 Å². The van der Waals surface area contributed by atoms with E-state index in [0.29, 0.717) is 11.1 Å². The summed E-state index contributed by atoms with van der Waals surface area (Å²) < 4.78 is 39.1. The second-order valence-electron chi connectivity index (χ2n) is 5.82. The summed E-state index contributed by atoms with van der Waals surface area (Å²) in [6, 6.07) is 16.0. The number of fused-ring (bicyclic) bond motifs is 1. The second-order valence-corrected chi connectivity index (χ2v) is 5.82. The van der Waals surface area contributed by atoms with Crippen LogP contribution in [-0.4, -0.2) is 0 Å². The van der Waals surface area contributed by atoms with Gasteiger partial charge in [-0.3, -0.25) is 0 Å². The average molecular weight is 326 g/mol. The number of hydrogen-bond donors (Lipinski definition) is 0. The van der Waals surface area contributed by atoms with Gasteiger partial charge in [-0.05, 0) is 52.1 Å². The fourth-order valence-corrected chi connectivity index (χ4v) is 2.88. The second kappa shape index (κ2) is 6.91. The molecule has 3 aromatic rings. The largest absolute Gasteiger partial charge is 0.270 e. The van der Waals surface area contributed by atoms with E-state index < -0.39 is 6.08 Å². The van der Waals surface area contributed by atoms with Gasteiger partial charge in [0.05, 0.1) is 0 Å². The molecule has 24 heavy (non-hydrogen) atoms. The molecule has 3 aromatic carbocycles. The van der Waals surface area contributed by atoms with Crippen LogP contribution < -0.4 is 0 Å². The van der Waals surface area contributed by atoms with Crippen molar-refractivity contribution in [2.24, 2.45) is 0 Å². The maximum Gasteiger partial charge on any atom is 0.270 e. The van der Waals surface area contributed by atoms with E-state index in [2.05, 4.69) is 6.92 Å². The van der Waals surface area contributed by atoms with Gasteiger partial charge in [0, 0.05) is 11.6 Å². The van der Waals surface area contributed by atoms with Crippen LogP contribution >= 0.6 is 0 Å². The van der Waals surface area contributed by atoms with Crippen molar-refractivity contribution in [3.8, 4) is 11.1 Å². The topological polar surface area (TPSA) is 0 Å². The number of benzene rings is 3. The van der Waals surface area contributed by atoms with Crippen molar-refractivity contribution in [2.45, 2.75) is 19.8 Å². The first-order valence-electron chi connectivity index (χ1n) is 7.92. The predicted molar refractivity (Wildman–Crippen MR) is 93.5 cm³/mol. The molecule has 0 atom stereocenters. The molecule has 0 unspecified atom stereocenters. The summed E-state index contributed by atoms with van der Waals surface area (Å²) in [6.07, 6.45) is 0.945. The maximum absolute atomic E-state index is 14.4. The molecule has 0 aliphatic carbocycles. The fraction of sp³-hybridized carbons (Fsp3) is 0.143. The van der Waals surface area contributed by atoms with Crippen LogP contribution in [0.1, 0.15) is 24.5 Å². The third kappa shape index (κ3) is 3.51. The van der Waals surface area contributed by atoms with Crippen molar-refractivity contribution < 1.29 is 13.2 Å². The van der Waals surface area contributed by atoms with E-state index >= 15 is 0 Å². The molecule has 0 aliphatic heterocycles. The van der Waals surface area contributed by atoms with E-state index in [-0.39, 0.29) is 5.82 Å². The van der Waals surface area contributed by atoms with Crippen LogP contribution in [0, 0.1) is 5.82 Å². The Morgan fingerprint density at radius 1 is 0.917 bits per heavy atom. The summed E-state index contributed by atoms with van der Waals surface area (Å²) in [5, 5.41) is 1.73. The molecule has 122 valence electrons. The van der Waals surface area contributed by atoms with Gasteiger partial charge in [-0.2, -0.15) is 8.78 Å². The minimum absolute atomic E-state index is 0.237. The Morgan fingerprint density at radius 3 is 2.38 bits per heavy atom. The summed E-state index contributed by atoms with van der Waals surface area (Å²) in [5.41, 5.74) is 2.77. The zero-order chi connectivity index (χ0) is 17.1. The Hall–Kier alpha value is -2.55. The van der Waals surface area contributed by atoms with Crippen LogP contribution in [0.4, 0.5) is 13.2 Å². The van der Waals surface area contributed by atoms with E-state index in [9.17, 15) is 13.2 Å². The highest BCUT2D eigenvalue weighted by molar-refractivity contribution is 5.89. The van der Waals surface area contributed by atoms with Crippen molar-refractivity contribution >= 4 is 16.8 Å². The zero-order valence-corrected chi connectivity index (χ0v) is 13.3. The Morgan fingerprint density at radius 2 is 1.67 bits per heavy atom. The highest BCUT2D eigenvalue weighted by atomic mass is 19.3. The van der Waals surface area contributed by atoms with Gasteiger partial charge in [0.2, 0.25) is 0 Å². The molecular weight excluding hydrogens is 309 g/mol. The molecule has 0 spiro atoms. The Balaban J connectivity index is 2.00. The van der Waals surface area contributed by atoms with Gasteiger partial charge >= 0.3 is 0 Å². The van der Waals surface area contributed by atoms with Gasteiger partial charge in [0.1, 0.15) is 5.82 Å². The monoisotopic (exact) mass is 326 g/mol. The Bertz CT molecular complexity index is 906. The van der Waals surface area contributed by atoms with Gasteiger partial charge < -0.3 is 0 Å². The molecule has 0 nitrogen and oxygen atoms in total. The van der Waals surface area contributed by atoms with Crippen molar-refractivity contribution in [3.63, 3.8) is 0 Å². The van der Waals surface area contributed by atoms with E-state index in [0.717, 1.165) is 40.8 Å². The molecule has 0 bridgehead atoms. The van der Waals surface area contributed by atoms with Gasteiger partial charge in [0.25, 0.3) is 6.08 Å². The van der Waals surface area contributed by atoms with Crippen molar-refractivity contribution in [1.29, 1.82) is 0 Å². The van der Waals surface area contributed by atoms with Gasteiger partial charge in [-0.15, -0.1) is 0 Å². The summed E-state index contributed by atoms with van der Waals surface area (Å²) in [7, 11) is 0. The smallest absolute Gasteiger partial charge is 0.206 e. The van der Waals surface area contributed by atoms with E-state index in [1.54, 1.807) is 30.3 Å². The van der Waals surface area contributed by atoms with E-state index in [1.165, 1.54) is 0 Å². The predicted octanol–water partition coefficient (Wildman–Crippen LogP) is 6.84.